The van der Waals surface area contributed by atoms with Crippen molar-refractivity contribution >= 4 is 5.91 Å². The first-order valence-electron chi connectivity index (χ1n) is 8.04. The average Bonchev–Trinajstić information content (AvgIpc) is 2.61. The van der Waals surface area contributed by atoms with E-state index in [0.717, 1.165) is 11.3 Å². The SMILES string of the molecule is COc1cccc(C(CNC(=O)c2ccccc2OC(F)F)N(C)C)c1. The zero-order chi connectivity index (χ0) is 19.1. The molecule has 0 spiro atoms. The summed E-state index contributed by atoms with van der Waals surface area (Å²) in [5.41, 5.74) is 1.03. The van der Waals surface area contributed by atoms with Crippen molar-refractivity contribution in [2.75, 3.05) is 27.7 Å². The van der Waals surface area contributed by atoms with E-state index in [2.05, 4.69) is 10.1 Å². The molecule has 0 aliphatic carbocycles. The molecule has 1 N–H and O–H groups in total. The van der Waals surface area contributed by atoms with E-state index in [4.69, 9.17) is 4.74 Å². The first kappa shape index (κ1) is 19.7. The Bertz CT molecular complexity index is 738. The molecule has 26 heavy (non-hydrogen) atoms. The van der Waals surface area contributed by atoms with Crippen LogP contribution in [0.15, 0.2) is 48.5 Å². The van der Waals surface area contributed by atoms with Crippen LogP contribution in [-0.4, -0.2) is 45.2 Å². The van der Waals surface area contributed by atoms with Gasteiger partial charge in [0.25, 0.3) is 5.91 Å². The van der Waals surface area contributed by atoms with E-state index < -0.39 is 12.5 Å². The van der Waals surface area contributed by atoms with Crippen LogP contribution in [0.1, 0.15) is 22.0 Å². The summed E-state index contributed by atoms with van der Waals surface area (Å²) in [6.07, 6.45) is 0. The minimum Gasteiger partial charge on any atom is -0.497 e. The Hall–Kier alpha value is -2.67. The van der Waals surface area contributed by atoms with Gasteiger partial charge in [0.15, 0.2) is 0 Å². The highest BCUT2D eigenvalue weighted by Gasteiger charge is 2.19. The Morgan fingerprint density at radius 1 is 1.15 bits per heavy atom. The zero-order valence-electron chi connectivity index (χ0n) is 14.9. The lowest BCUT2D eigenvalue weighted by Gasteiger charge is -2.25. The highest BCUT2D eigenvalue weighted by atomic mass is 19.3. The molecule has 2 aromatic carbocycles. The Kier molecular flexibility index (Phi) is 6.91. The Balaban J connectivity index is 2.13. The van der Waals surface area contributed by atoms with Gasteiger partial charge in [0, 0.05) is 6.54 Å². The minimum absolute atomic E-state index is 0.0657. The summed E-state index contributed by atoms with van der Waals surface area (Å²) in [5.74, 6) is 0.0927. The summed E-state index contributed by atoms with van der Waals surface area (Å²) in [5, 5.41) is 2.78. The molecular weight excluding hydrogens is 342 g/mol. The van der Waals surface area contributed by atoms with Gasteiger partial charge in [-0.2, -0.15) is 8.78 Å². The highest BCUT2D eigenvalue weighted by Crippen LogP contribution is 2.23. The van der Waals surface area contributed by atoms with Crippen LogP contribution < -0.4 is 14.8 Å². The number of halogens is 2. The van der Waals surface area contributed by atoms with Gasteiger partial charge >= 0.3 is 6.61 Å². The van der Waals surface area contributed by atoms with Crippen LogP contribution in [0.4, 0.5) is 8.78 Å². The maximum Gasteiger partial charge on any atom is 0.387 e. The third kappa shape index (κ3) is 5.16. The number of carbonyl (C=O) groups excluding carboxylic acids is 1. The maximum atomic E-state index is 12.5. The molecule has 1 amide bonds. The van der Waals surface area contributed by atoms with Gasteiger partial charge in [-0.15, -0.1) is 0 Å². The van der Waals surface area contributed by atoms with E-state index in [1.807, 2.05) is 43.3 Å². The number of carbonyl (C=O) groups is 1. The summed E-state index contributed by atoms with van der Waals surface area (Å²) < 4.78 is 34.7. The number of para-hydroxylation sites is 1. The van der Waals surface area contributed by atoms with Gasteiger partial charge in [-0.1, -0.05) is 24.3 Å². The summed E-state index contributed by atoms with van der Waals surface area (Å²) in [7, 11) is 5.37. The summed E-state index contributed by atoms with van der Waals surface area (Å²) in [6, 6.07) is 13.3. The third-order valence-electron chi connectivity index (χ3n) is 3.91. The maximum absolute atomic E-state index is 12.5. The lowest BCUT2D eigenvalue weighted by atomic mass is 10.1. The molecule has 2 aromatic rings. The number of amides is 1. The van der Waals surface area contributed by atoms with Gasteiger partial charge in [0.05, 0.1) is 18.7 Å². The van der Waals surface area contributed by atoms with Crippen molar-refractivity contribution in [1.82, 2.24) is 10.2 Å². The first-order chi connectivity index (χ1) is 12.4. The molecular formula is C19H22F2N2O3. The molecule has 1 unspecified atom stereocenters. The number of rotatable bonds is 8. The van der Waals surface area contributed by atoms with Crippen LogP contribution in [0.3, 0.4) is 0 Å². The molecule has 0 fully saturated rings. The van der Waals surface area contributed by atoms with Crippen LogP contribution in [0, 0.1) is 0 Å². The fourth-order valence-electron chi connectivity index (χ4n) is 2.58. The lowest BCUT2D eigenvalue weighted by Crippen LogP contribution is -2.34. The van der Waals surface area contributed by atoms with Crippen molar-refractivity contribution in [3.8, 4) is 11.5 Å². The van der Waals surface area contributed by atoms with Crippen LogP contribution in [0.5, 0.6) is 11.5 Å². The number of nitrogens with one attached hydrogen (secondary N) is 1. The number of benzene rings is 2. The number of nitrogens with zero attached hydrogens (tertiary/aromatic N) is 1. The number of alkyl halides is 2. The number of hydrogen-bond donors (Lipinski definition) is 1. The number of hydrogen-bond acceptors (Lipinski definition) is 4. The molecule has 0 aromatic heterocycles. The second-order valence-electron chi connectivity index (χ2n) is 5.84. The van der Waals surface area contributed by atoms with Crippen molar-refractivity contribution in [2.45, 2.75) is 12.7 Å². The molecule has 2 rings (SSSR count). The number of ether oxygens (including phenoxy) is 2. The van der Waals surface area contributed by atoms with E-state index in [1.54, 1.807) is 13.2 Å². The smallest absolute Gasteiger partial charge is 0.387 e. The van der Waals surface area contributed by atoms with Gasteiger partial charge in [0.1, 0.15) is 11.5 Å². The predicted molar refractivity (Wildman–Crippen MR) is 94.8 cm³/mol. The first-order valence-corrected chi connectivity index (χ1v) is 8.04. The quantitative estimate of drug-likeness (QED) is 0.781. The van der Waals surface area contributed by atoms with Gasteiger partial charge in [0.2, 0.25) is 0 Å². The van der Waals surface area contributed by atoms with Crippen LogP contribution in [-0.2, 0) is 0 Å². The van der Waals surface area contributed by atoms with Crippen molar-refractivity contribution in [3.63, 3.8) is 0 Å². The number of likely N-dealkylation sites (N-methyl/N-ethyl adjacent to an activating group) is 1. The summed E-state index contributed by atoms with van der Waals surface area (Å²) in [4.78, 5) is 14.4. The van der Waals surface area contributed by atoms with Gasteiger partial charge in [-0.25, -0.2) is 0 Å². The van der Waals surface area contributed by atoms with E-state index in [0.29, 0.717) is 6.54 Å². The minimum atomic E-state index is -2.99. The van der Waals surface area contributed by atoms with E-state index in [1.165, 1.54) is 18.2 Å². The van der Waals surface area contributed by atoms with Crippen molar-refractivity contribution in [2.24, 2.45) is 0 Å². The lowest BCUT2D eigenvalue weighted by molar-refractivity contribution is -0.0501. The molecule has 0 aliphatic rings. The predicted octanol–water partition coefficient (Wildman–Crippen LogP) is 3.33. The number of methoxy groups -OCH3 is 1. The topological polar surface area (TPSA) is 50.8 Å². The van der Waals surface area contributed by atoms with Gasteiger partial charge < -0.3 is 19.7 Å². The summed E-state index contributed by atoms with van der Waals surface area (Å²) in [6.45, 7) is -2.70. The van der Waals surface area contributed by atoms with Crippen molar-refractivity contribution in [1.29, 1.82) is 0 Å². The fraction of sp³-hybridized carbons (Fsp3) is 0.316. The molecule has 0 bridgehead atoms. The molecule has 1 atom stereocenters. The van der Waals surface area contributed by atoms with Crippen LogP contribution >= 0.6 is 0 Å². The second-order valence-corrected chi connectivity index (χ2v) is 5.84. The van der Waals surface area contributed by atoms with Gasteiger partial charge in [-0.3, -0.25) is 4.79 Å². The average molecular weight is 364 g/mol. The van der Waals surface area contributed by atoms with E-state index in [-0.39, 0.29) is 17.4 Å². The Morgan fingerprint density at radius 2 is 1.88 bits per heavy atom. The standard InChI is InChI=1S/C19H22F2N2O3/c1-23(2)16(13-7-6-8-14(11-13)25-3)12-22-18(24)15-9-4-5-10-17(15)26-19(20)21/h4-11,16,19H,12H2,1-3H3,(H,22,24). The molecule has 0 radical (unpaired) electrons. The monoisotopic (exact) mass is 364 g/mol. The van der Waals surface area contributed by atoms with Crippen LogP contribution in [0.25, 0.3) is 0 Å². The largest absolute Gasteiger partial charge is 0.497 e. The van der Waals surface area contributed by atoms with E-state index >= 15 is 0 Å². The third-order valence-corrected chi connectivity index (χ3v) is 3.91. The molecule has 0 heterocycles. The summed E-state index contributed by atoms with van der Waals surface area (Å²) >= 11 is 0. The van der Waals surface area contributed by atoms with Crippen molar-refractivity contribution < 1.29 is 23.0 Å². The molecule has 0 saturated heterocycles. The van der Waals surface area contributed by atoms with Crippen LogP contribution in [0.2, 0.25) is 0 Å². The molecule has 140 valence electrons. The van der Waals surface area contributed by atoms with E-state index in [9.17, 15) is 13.6 Å². The highest BCUT2D eigenvalue weighted by molar-refractivity contribution is 5.96. The zero-order valence-corrected chi connectivity index (χ0v) is 14.9. The normalized spacial score (nSPS) is 12.1. The molecule has 5 nitrogen and oxygen atoms in total. The van der Waals surface area contributed by atoms with Gasteiger partial charge in [-0.05, 0) is 43.9 Å². The fourth-order valence-corrected chi connectivity index (χ4v) is 2.58. The molecule has 0 saturated carbocycles. The second kappa shape index (κ2) is 9.15. The van der Waals surface area contributed by atoms with Crippen molar-refractivity contribution in [3.05, 3.63) is 59.7 Å². The molecule has 7 heteroatoms. The Labute approximate surface area is 151 Å². The Morgan fingerprint density at radius 3 is 2.54 bits per heavy atom. The molecule has 0 aliphatic heterocycles.